The van der Waals surface area contributed by atoms with Crippen molar-refractivity contribution in [3.05, 3.63) is 52.7 Å². The molecule has 254 valence electrons. The summed E-state index contributed by atoms with van der Waals surface area (Å²) in [4.78, 5) is 40.3. The molecule has 3 heterocycles. The average Bonchev–Trinajstić information content (AvgIpc) is 3.50. The van der Waals surface area contributed by atoms with Crippen LogP contribution >= 0.6 is 11.6 Å². The lowest BCUT2D eigenvalue weighted by Gasteiger charge is -2.41. The SMILES string of the molecule is CC(C)(C)OC(=O)NC1(COc2nc3c(c(N4CCN(C(=O)O)[C@@H](CC#N)C4)n2)CCN(c2cccc4cccc(Cl)c24)C3)CCCC1. The predicted octanol–water partition coefficient (Wildman–Crippen LogP) is 6.14. The zero-order chi connectivity index (χ0) is 34.1. The van der Waals surface area contributed by atoms with Crippen molar-refractivity contribution in [1.82, 2.24) is 20.2 Å². The highest BCUT2D eigenvalue weighted by Crippen LogP contribution is 2.38. The van der Waals surface area contributed by atoms with Gasteiger partial charge in [-0.05, 0) is 57.6 Å². The summed E-state index contributed by atoms with van der Waals surface area (Å²) in [7, 11) is 0. The van der Waals surface area contributed by atoms with Crippen LogP contribution in [0.4, 0.5) is 21.1 Å². The van der Waals surface area contributed by atoms with E-state index in [1.807, 2.05) is 51.1 Å². The molecule has 2 aromatic carbocycles. The number of nitrogens with zero attached hydrogens (tertiary/aromatic N) is 6. The molecule has 2 aliphatic heterocycles. The number of fused-ring (bicyclic) bond motifs is 2. The molecule has 1 saturated carbocycles. The molecule has 3 aliphatic rings. The molecule has 0 radical (unpaired) electrons. The third-order valence-electron chi connectivity index (χ3n) is 9.35. The van der Waals surface area contributed by atoms with Gasteiger partial charge in [-0.1, -0.05) is 48.7 Å². The zero-order valence-corrected chi connectivity index (χ0v) is 28.4. The molecule has 2 amide bonds. The fourth-order valence-electron chi connectivity index (χ4n) is 7.12. The highest BCUT2D eigenvalue weighted by atomic mass is 35.5. The summed E-state index contributed by atoms with van der Waals surface area (Å²) in [5.74, 6) is 0.694. The molecule has 1 aliphatic carbocycles. The number of ether oxygens (including phenoxy) is 2. The van der Waals surface area contributed by atoms with Crippen LogP contribution < -0.4 is 19.9 Å². The molecule has 0 unspecified atom stereocenters. The van der Waals surface area contributed by atoms with Gasteiger partial charge in [0.15, 0.2) is 0 Å². The molecule has 0 bridgehead atoms. The minimum atomic E-state index is -1.03. The Balaban J connectivity index is 1.33. The van der Waals surface area contributed by atoms with E-state index in [1.165, 1.54) is 4.90 Å². The van der Waals surface area contributed by atoms with Crippen molar-refractivity contribution in [2.45, 2.75) is 83.0 Å². The molecule has 3 aromatic rings. The number of nitriles is 1. The molecule has 0 spiro atoms. The summed E-state index contributed by atoms with van der Waals surface area (Å²) in [5.41, 5.74) is 1.56. The Labute approximate surface area is 285 Å². The molecular formula is C35H42ClN7O5. The second kappa shape index (κ2) is 13.5. The topological polar surface area (TPSA) is 144 Å². The molecule has 12 nitrogen and oxygen atoms in total. The van der Waals surface area contributed by atoms with Gasteiger partial charge in [0.25, 0.3) is 0 Å². The van der Waals surface area contributed by atoms with Gasteiger partial charge >= 0.3 is 18.2 Å². The van der Waals surface area contributed by atoms with Gasteiger partial charge in [-0.2, -0.15) is 15.2 Å². The summed E-state index contributed by atoms with van der Waals surface area (Å²) in [6, 6.07) is 13.9. The van der Waals surface area contributed by atoms with E-state index >= 15 is 0 Å². The number of nitrogens with one attached hydrogen (secondary N) is 1. The number of halogens is 1. The van der Waals surface area contributed by atoms with Gasteiger partial charge in [-0.15, -0.1) is 0 Å². The first kappa shape index (κ1) is 33.4. The third kappa shape index (κ3) is 7.16. The molecule has 13 heteroatoms. The van der Waals surface area contributed by atoms with E-state index in [9.17, 15) is 20.0 Å². The number of rotatable bonds is 7. The van der Waals surface area contributed by atoms with Gasteiger partial charge in [0.05, 0.1) is 41.3 Å². The van der Waals surface area contributed by atoms with E-state index in [0.717, 1.165) is 53.4 Å². The standard InChI is InChI=1S/C35H42ClN7O5/c1-34(2,3)48-32(44)40-35(14-4-5-15-35)22-47-31-38-27-21-41(28-11-7-9-23-8-6-10-26(36)29(23)28)17-13-25(27)30(39-31)42-18-19-43(33(45)46)24(20-42)12-16-37/h6-11,24H,4-5,12-15,17-22H2,1-3H3,(H,40,44)(H,45,46)/t24-/m0/s1. The maximum Gasteiger partial charge on any atom is 0.408 e. The van der Waals surface area contributed by atoms with Crippen LogP contribution in [0.5, 0.6) is 6.01 Å². The highest BCUT2D eigenvalue weighted by molar-refractivity contribution is 6.36. The number of piperazine rings is 1. The summed E-state index contributed by atoms with van der Waals surface area (Å²) in [5, 5.41) is 25.1. The first-order valence-electron chi connectivity index (χ1n) is 16.5. The summed E-state index contributed by atoms with van der Waals surface area (Å²) in [6.45, 7) is 7.87. The number of alkyl carbamates (subject to hydrolysis) is 1. The van der Waals surface area contributed by atoms with Crippen LogP contribution in [0.15, 0.2) is 36.4 Å². The van der Waals surface area contributed by atoms with E-state index in [-0.39, 0.29) is 25.6 Å². The molecule has 6 rings (SSSR count). The Morgan fingerprint density at radius 2 is 1.85 bits per heavy atom. The maximum absolute atomic E-state index is 12.8. The second-order valence-electron chi connectivity index (χ2n) is 13.9. The van der Waals surface area contributed by atoms with Gasteiger partial charge < -0.3 is 34.6 Å². The lowest BCUT2D eigenvalue weighted by molar-refractivity contribution is 0.0411. The van der Waals surface area contributed by atoms with E-state index in [1.54, 1.807) is 0 Å². The molecule has 1 aromatic heterocycles. The molecular weight excluding hydrogens is 634 g/mol. The van der Waals surface area contributed by atoms with Crippen LogP contribution in [0.1, 0.15) is 64.1 Å². The number of aromatic nitrogens is 2. The van der Waals surface area contributed by atoms with Gasteiger partial charge in [0.2, 0.25) is 0 Å². The summed E-state index contributed by atoms with van der Waals surface area (Å²) >= 11 is 6.71. The minimum Gasteiger partial charge on any atom is -0.465 e. The van der Waals surface area contributed by atoms with E-state index < -0.39 is 29.4 Å². The van der Waals surface area contributed by atoms with Crippen molar-refractivity contribution in [2.24, 2.45) is 0 Å². The van der Waals surface area contributed by atoms with Gasteiger partial charge in [-0.25, -0.2) is 9.59 Å². The second-order valence-corrected chi connectivity index (χ2v) is 14.3. The number of carbonyl (C=O) groups excluding carboxylic acids is 1. The van der Waals surface area contributed by atoms with Crippen LogP contribution in [-0.4, -0.2) is 82.1 Å². The molecule has 2 N–H and O–H groups in total. The van der Waals surface area contributed by atoms with E-state index in [0.29, 0.717) is 43.4 Å². The van der Waals surface area contributed by atoms with Crippen molar-refractivity contribution in [3.8, 4) is 12.1 Å². The molecule has 1 saturated heterocycles. The fourth-order valence-corrected chi connectivity index (χ4v) is 7.40. The number of hydrogen-bond donors (Lipinski definition) is 2. The monoisotopic (exact) mass is 675 g/mol. The zero-order valence-electron chi connectivity index (χ0n) is 27.7. The Hall–Kier alpha value is -4.50. The minimum absolute atomic E-state index is 0.0773. The van der Waals surface area contributed by atoms with Crippen molar-refractivity contribution < 1.29 is 24.2 Å². The number of benzene rings is 2. The van der Waals surface area contributed by atoms with Gasteiger partial charge in [0.1, 0.15) is 18.0 Å². The van der Waals surface area contributed by atoms with Crippen LogP contribution in [0.2, 0.25) is 5.02 Å². The van der Waals surface area contributed by atoms with E-state index in [2.05, 4.69) is 27.3 Å². The number of anilines is 2. The lowest BCUT2D eigenvalue weighted by atomic mass is 9.99. The first-order valence-corrected chi connectivity index (χ1v) is 16.9. The van der Waals surface area contributed by atoms with Crippen LogP contribution in [0.3, 0.4) is 0 Å². The Bertz CT molecular complexity index is 1730. The quantitative estimate of drug-likeness (QED) is 0.299. The highest BCUT2D eigenvalue weighted by Gasteiger charge is 2.39. The van der Waals surface area contributed by atoms with Crippen molar-refractivity contribution in [3.63, 3.8) is 0 Å². The number of carboxylic acid groups (broad SMARTS) is 1. The summed E-state index contributed by atoms with van der Waals surface area (Å²) < 4.78 is 11.9. The Morgan fingerprint density at radius 3 is 2.56 bits per heavy atom. The van der Waals surface area contributed by atoms with Crippen LogP contribution in [-0.2, 0) is 17.7 Å². The Kier molecular flexibility index (Phi) is 9.43. The lowest BCUT2D eigenvalue weighted by Crippen LogP contribution is -2.55. The number of carbonyl (C=O) groups is 2. The largest absolute Gasteiger partial charge is 0.465 e. The Morgan fingerprint density at radius 1 is 1.10 bits per heavy atom. The average molecular weight is 676 g/mol. The van der Waals surface area contributed by atoms with Crippen molar-refractivity contribution in [2.75, 3.05) is 42.6 Å². The van der Waals surface area contributed by atoms with E-state index in [4.69, 9.17) is 31.0 Å². The smallest absolute Gasteiger partial charge is 0.408 e. The normalized spacial score (nSPS) is 19.1. The van der Waals surface area contributed by atoms with Gasteiger partial charge in [0, 0.05) is 42.8 Å². The van der Waals surface area contributed by atoms with Crippen molar-refractivity contribution >= 4 is 46.1 Å². The molecule has 2 fully saturated rings. The van der Waals surface area contributed by atoms with Crippen molar-refractivity contribution in [1.29, 1.82) is 5.26 Å². The maximum atomic E-state index is 12.8. The molecule has 1 atom stereocenters. The summed E-state index contributed by atoms with van der Waals surface area (Å²) in [6.07, 6.45) is 2.60. The predicted molar refractivity (Wildman–Crippen MR) is 183 cm³/mol. The molecule has 48 heavy (non-hydrogen) atoms. The van der Waals surface area contributed by atoms with Gasteiger partial charge in [-0.3, -0.25) is 0 Å². The fraction of sp³-hybridized carbons (Fsp3) is 0.514. The third-order valence-corrected chi connectivity index (χ3v) is 9.67. The number of amides is 2. The van der Waals surface area contributed by atoms with Crippen LogP contribution in [0, 0.1) is 11.3 Å². The number of hydrogen-bond acceptors (Lipinski definition) is 9. The first-order chi connectivity index (χ1) is 22.9. The van der Waals surface area contributed by atoms with Crippen LogP contribution in [0.25, 0.3) is 10.8 Å².